The van der Waals surface area contributed by atoms with E-state index in [1.54, 1.807) is 0 Å². The Labute approximate surface area is 111 Å². The van der Waals surface area contributed by atoms with E-state index in [2.05, 4.69) is 62.0 Å². The number of H-pyrrole nitrogens is 1. The molecule has 2 N–H and O–H groups in total. The van der Waals surface area contributed by atoms with Crippen LogP contribution in [0.1, 0.15) is 44.6 Å². The van der Waals surface area contributed by atoms with E-state index < -0.39 is 0 Å². The van der Waals surface area contributed by atoms with E-state index in [4.69, 9.17) is 0 Å². The van der Waals surface area contributed by atoms with Gasteiger partial charge < -0.3 is 5.32 Å². The van der Waals surface area contributed by atoms with E-state index in [-0.39, 0.29) is 0 Å². The van der Waals surface area contributed by atoms with Crippen LogP contribution in [0.25, 0.3) is 0 Å². The van der Waals surface area contributed by atoms with Crippen molar-refractivity contribution >= 4 is 0 Å². The summed E-state index contributed by atoms with van der Waals surface area (Å²) in [4.78, 5) is 2.50. The number of rotatable bonds is 7. The summed E-state index contributed by atoms with van der Waals surface area (Å²) in [6.45, 7) is 16.1. The van der Waals surface area contributed by atoms with Gasteiger partial charge in [-0.05, 0) is 41.5 Å². The van der Waals surface area contributed by atoms with Gasteiger partial charge in [0.2, 0.25) is 0 Å². The van der Waals surface area contributed by atoms with Crippen molar-refractivity contribution in [1.82, 2.24) is 20.4 Å². The molecular weight excluding hydrogens is 224 g/mol. The molecule has 0 amide bonds. The third-order valence-corrected chi connectivity index (χ3v) is 3.46. The molecule has 1 aromatic heterocycles. The summed E-state index contributed by atoms with van der Waals surface area (Å²) in [6.07, 6.45) is 0. The normalized spacial score (nSPS) is 12.1. The van der Waals surface area contributed by atoms with E-state index >= 15 is 0 Å². The highest BCUT2D eigenvalue weighted by atomic mass is 15.2. The minimum absolute atomic E-state index is 0.601. The van der Waals surface area contributed by atoms with Gasteiger partial charge in [-0.3, -0.25) is 10.00 Å². The fourth-order valence-corrected chi connectivity index (χ4v) is 2.37. The number of nitrogens with one attached hydrogen (secondary N) is 2. The number of aromatic nitrogens is 2. The van der Waals surface area contributed by atoms with Crippen molar-refractivity contribution in [3.63, 3.8) is 0 Å². The Kier molecular flexibility index (Phi) is 5.82. The topological polar surface area (TPSA) is 44.0 Å². The summed E-state index contributed by atoms with van der Waals surface area (Å²) in [6, 6.07) is 1.20. The largest absolute Gasteiger partial charge is 0.311 e. The molecular formula is C14H28N4. The second-order valence-corrected chi connectivity index (χ2v) is 5.51. The van der Waals surface area contributed by atoms with Crippen LogP contribution in [0.4, 0.5) is 0 Å². The first kappa shape index (κ1) is 15.2. The second kappa shape index (κ2) is 6.90. The van der Waals surface area contributed by atoms with Crippen molar-refractivity contribution in [3.05, 3.63) is 17.0 Å². The molecule has 0 aliphatic heterocycles. The molecule has 0 bridgehead atoms. The number of aromatic amines is 1. The molecule has 4 heteroatoms. The van der Waals surface area contributed by atoms with Crippen LogP contribution in [-0.2, 0) is 6.54 Å². The molecule has 104 valence electrons. The molecule has 0 saturated heterocycles. The number of hydrogen-bond donors (Lipinski definition) is 2. The maximum absolute atomic E-state index is 4.21. The Hall–Kier alpha value is -0.870. The lowest BCUT2D eigenvalue weighted by Gasteiger charge is -2.30. The Bertz CT molecular complexity index is 327. The highest BCUT2D eigenvalue weighted by Crippen LogP contribution is 2.08. The van der Waals surface area contributed by atoms with Gasteiger partial charge in [-0.2, -0.15) is 5.10 Å². The van der Waals surface area contributed by atoms with Crippen LogP contribution in [0.3, 0.4) is 0 Å². The van der Waals surface area contributed by atoms with Gasteiger partial charge in [0.1, 0.15) is 0 Å². The minimum atomic E-state index is 0.601. The quantitative estimate of drug-likeness (QED) is 0.731. The first-order valence-corrected chi connectivity index (χ1v) is 6.90. The van der Waals surface area contributed by atoms with Crippen LogP contribution >= 0.6 is 0 Å². The number of nitrogens with zero attached hydrogens (tertiary/aromatic N) is 2. The van der Waals surface area contributed by atoms with Crippen LogP contribution in [0.15, 0.2) is 0 Å². The zero-order valence-corrected chi connectivity index (χ0v) is 12.7. The molecule has 0 fully saturated rings. The van der Waals surface area contributed by atoms with E-state index in [1.807, 2.05) is 0 Å². The Morgan fingerprint density at radius 3 is 2.22 bits per heavy atom. The summed E-state index contributed by atoms with van der Waals surface area (Å²) in [5.41, 5.74) is 3.57. The van der Waals surface area contributed by atoms with Crippen LogP contribution in [0.5, 0.6) is 0 Å². The van der Waals surface area contributed by atoms with Crippen LogP contribution in [-0.4, -0.2) is 40.3 Å². The van der Waals surface area contributed by atoms with E-state index in [0.29, 0.717) is 12.1 Å². The summed E-state index contributed by atoms with van der Waals surface area (Å²) >= 11 is 0. The average Bonchev–Trinajstić information content (AvgIpc) is 2.58. The van der Waals surface area contributed by atoms with Crippen LogP contribution in [0, 0.1) is 13.8 Å². The van der Waals surface area contributed by atoms with Gasteiger partial charge in [0.15, 0.2) is 0 Å². The molecule has 0 atom stereocenters. The SMILES string of the molecule is Cc1n[nH]c(C)c1CNCCN(C(C)C)C(C)C. The first-order chi connectivity index (χ1) is 8.43. The smallest absolute Gasteiger partial charge is 0.0638 e. The predicted octanol–water partition coefficient (Wildman–Crippen LogP) is 2.23. The zero-order valence-electron chi connectivity index (χ0n) is 12.7. The van der Waals surface area contributed by atoms with Gasteiger partial charge in [-0.25, -0.2) is 0 Å². The van der Waals surface area contributed by atoms with Crippen molar-refractivity contribution in [2.75, 3.05) is 13.1 Å². The molecule has 1 heterocycles. The highest BCUT2D eigenvalue weighted by Gasteiger charge is 2.12. The van der Waals surface area contributed by atoms with Crippen molar-refractivity contribution in [1.29, 1.82) is 0 Å². The molecule has 4 nitrogen and oxygen atoms in total. The molecule has 0 radical (unpaired) electrons. The Balaban J connectivity index is 2.34. The van der Waals surface area contributed by atoms with E-state index in [1.165, 1.54) is 11.3 Å². The Morgan fingerprint density at radius 1 is 1.17 bits per heavy atom. The lowest BCUT2D eigenvalue weighted by atomic mass is 10.2. The van der Waals surface area contributed by atoms with Crippen molar-refractivity contribution in [2.45, 2.75) is 60.2 Å². The van der Waals surface area contributed by atoms with E-state index in [9.17, 15) is 0 Å². The minimum Gasteiger partial charge on any atom is -0.311 e. The monoisotopic (exact) mass is 252 g/mol. The number of hydrogen-bond acceptors (Lipinski definition) is 3. The van der Waals surface area contributed by atoms with Gasteiger partial charge in [0.25, 0.3) is 0 Å². The Morgan fingerprint density at radius 2 is 1.78 bits per heavy atom. The average molecular weight is 252 g/mol. The summed E-state index contributed by atoms with van der Waals surface area (Å²) in [5.74, 6) is 0. The number of aryl methyl sites for hydroxylation is 2. The summed E-state index contributed by atoms with van der Waals surface area (Å²) in [5, 5.41) is 10.7. The molecule has 0 aliphatic rings. The van der Waals surface area contributed by atoms with Gasteiger partial charge in [0.05, 0.1) is 5.69 Å². The standard InChI is InChI=1S/C14H28N4/c1-10(2)18(11(3)4)8-7-15-9-14-12(5)16-17-13(14)6/h10-11,15H,7-9H2,1-6H3,(H,16,17). The molecule has 18 heavy (non-hydrogen) atoms. The van der Waals surface area contributed by atoms with Gasteiger partial charge in [-0.1, -0.05) is 0 Å². The van der Waals surface area contributed by atoms with E-state index in [0.717, 1.165) is 25.3 Å². The molecule has 0 aliphatic carbocycles. The molecule has 1 aromatic rings. The molecule has 0 saturated carbocycles. The third-order valence-electron chi connectivity index (χ3n) is 3.46. The van der Waals surface area contributed by atoms with Gasteiger partial charge in [-0.15, -0.1) is 0 Å². The van der Waals surface area contributed by atoms with Crippen LogP contribution < -0.4 is 5.32 Å². The van der Waals surface area contributed by atoms with Crippen molar-refractivity contribution < 1.29 is 0 Å². The molecule has 0 aromatic carbocycles. The second-order valence-electron chi connectivity index (χ2n) is 5.51. The van der Waals surface area contributed by atoms with Crippen molar-refractivity contribution in [2.24, 2.45) is 0 Å². The maximum Gasteiger partial charge on any atom is 0.0638 e. The van der Waals surface area contributed by atoms with Gasteiger partial charge in [0, 0.05) is 43.0 Å². The molecule has 0 unspecified atom stereocenters. The fraction of sp³-hybridized carbons (Fsp3) is 0.786. The van der Waals surface area contributed by atoms with Crippen molar-refractivity contribution in [3.8, 4) is 0 Å². The third kappa shape index (κ3) is 4.10. The summed E-state index contributed by atoms with van der Waals surface area (Å²) < 4.78 is 0. The summed E-state index contributed by atoms with van der Waals surface area (Å²) in [7, 11) is 0. The maximum atomic E-state index is 4.21. The lowest BCUT2D eigenvalue weighted by molar-refractivity contribution is 0.176. The molecule has 0 spiro atoms. The highest BCUT2D eigenvalue weighted by molar-refractivity contribution is 5.22. The van der Waals surface area contributed by atoms with Crippen LogP contribution in [0.2, 0.25) is 0 Å². The fourth-order valence-electron chi connectivity index (χ4n) is 2.37. The molecule has 1 rings (SSSR count). The zero-order chi connectivity index (χ0) is 13.7. The predicted molar refractivity (Wildman–Crippen MR) is 76.7 cm³/mol. The first-order valence-electron chi connectivity index (χ1n) is 6.90. The van der Waals surface area contributed by atoms with Gasteiger partial charge >= 0.3 is 0 Å². The lowest BCUT2D eigenvalue weighted by Crippen LogP contribution is -2.41.